The van der Waals surface area contributed by atoms with E-state index in [1.807, 2.05) is 61.5 Å². The average Bonchev–Trinajstić information content (AvgIpc) is 2.72. The van der Waals surface area contributed by atoms with Crippen LogP contribution in [0.2, 0.25) is 0 Å². The number of hydrogen-bond donors (Lipinski definition) is 1. The van der Waals surface area contributed by atoms with Gasteiger partial charge in [-0.25, -0.2) is 0 Å². The SMILES string of the molecule is COc1ccc2ccc(OC)c(/C=C(\C#N)C(=O)Nc3ccccc3C)c2c1. The molecule has 0 saturated carbocycles. The Hall–Kier alpha value is -3.78. The van der Waals surface area contributed by atoms with Gasteiger partial charge in [-0.3, -0.25) is 4.79 Å². The van der Waals surface area contributed by atoms with Crippen molar-refractivity contribution in [2.45, 2.75) is 6.92 Å². The first-order valence-electron chi connectivity index (χ1n) is 8.71. The number of para-hydroxylation sites is 1. The van der Waals surface area contributed by atoms with Crippen molar-refractivity contribution in [1.29, 1.82) is 5.26 Å². The zero-order valence-electron chi connectivity index (χ0n) is 15.9. The monoisotopic (exact) mass is 372 g/mol. The summed E-state index contributed by atoms with van der Waals surface area (Å²) in [5, 5.41) is 14.2. The zero-order chi connectivity index (χ0) is 20.1. The summed E-state index contributed by atoms with van der Waals surface area (Å²) < 4.78 is 10.8. The number of methoxy groups -OCH3 is 2. The maximum Gasteiger partial charge on any atom is 0.266 e. The number of hydrogen-bond acceptors (Lipinski definition) is 4. The number of anilines is 1. The number of nitrogens with zero attached hydrogens (tertiary/aromatic N) is 1. The van der Waals surface area contributed by atoms with Crippen molar-refractivity contribution in [3.63, 3.8) is 0 Å². The summed E-state index contributed by atoms with van der Waals surface area (Å²) in [6.07, 6.45) is 1.55. The van der Waals surface area contributed by atoms with Crippen molar-refractivity contribution in [1.82, 2.24) is 0 Å². The Morgan fingerprint density at radius 2 is 1.82 bits per heavy atom. The number of nitriles is 1. The number of fused-ring (bicyclic) bond motifs is 1. The molecule has 5 heteroatoms. The van der Waals surface area contributed by atoms with Crippen molar-refractivity contribution in [2.75, 3.05) is 19.5 Å². The molecule has 0 bridgehead atoms. The van der Waals surface area contributed by atoms with Gasteiger partial charge < -0.3 is 14.8 Å². The lowest BCUT2D eigenvalue weighted by Crippen LogP contribution is -2.14. The third-order valence-corrected chi connectivity index (χ3v) is 4.50. The van der Waals surface area contributed by atoms with E-state index in [2.05, 4.69) is 5.32 Å². The van der Waals surface area contributed by atoms with Gasteiger partial charge in [0.15, 0.2) is 0 Å². The van der Waals surface area contributed by atoms with Gasteiger partial charge >= 0.3 is 0 Å². The molecule has 0 aliphatic rings. The minimum atomic E-state index is -0.473. The fourth-order valence-electron chi connectivity index (χ4n) is 2.95. The van der Waals surface area contributed by atoms with Gasteiger partial charge in [-0.05, 0) is 53.6 Å². The highest BCUT2D eigenvalue weighted by molar-refractivity contribution is 6.11. The van der Waals surface area contributed by atoms with E-state index in [9.17, 15) is 10.1 Å². The number of nitrogens with one attached hydrogen (secondary N) is 1. The summed E-state index contributed by atoms with van der Waals surface area (Å²) >= 11 is 0. The van der Waals surface area contributed by atoms with E-state index in [1.54, 1.807) is 26.4 Å². The lowest BCUT2D eigenvalue weighted by Gasteiger charge is -2.11. The standard InChI is InChI=1S/C23H20N2O3/c1-15-6-4-5-7-21(15)25-23(26)17(14-24)12-20-19-13-18(27-2)10-8-16(19)9-11-22(20)28-3/h4-13H,1-3H3,(H,25,26)/b17-12+. The van der Waals surface area contributed by atoms with Crippen molar-refractivity contribution in [2.24, 2.45) is 0 Å². The molecule has 0 spiro atoms. The van der Waals surface area contributed by atoms with Gasteiger partial charge in [0.1, 0.15) is 23.1 Å². The fourth-order valence-corrected chi connectivity index (χ4v) is 2.95. The molecule has 0 aliphatic carbocycles. The largest absolute Gasteiger partial charge is 0.497 e. The normalized spacial score (nSPS) is 11.0. The summed E-state index contributed by atoms with van der Waals surface area (Å²) in [6.45, 7) is 1.89. The second-order valence-corrected chi connectivity index (χ2v) is 6.21. The highest BCUT2D eigenvalue weighted by atomic mass is 16.5. The molecule has 1 N–H and O–H groups in total. The molecule has 0 aliphatic heterocycles. The number of carbonyl (C=O) groups excluding carboxylic acids is 1. The van der Waals surface area contributed by atoms with Crippen molar-refractivity contribution < 1.29 is 14.3 Å². The van der Waals surface area contributed by atoms with Crippen LogP contribution in [0.4, 0.5) is 5.69 Å². The molecule has 0 heterocycles. The highest BCUT2D eigenvalue weighted by Gasteiger charge is 2.14. The first kappa shape index (κ1) is 19.0. The Labute approximate surface area is 163 Å². The fraction of sp³-hybridized carbons (Fsp3) is 0.130. The number of ether oxygens (including phenoxy) is 2. The van der Waals surface area contributed by atoms with Gasteiger partial charge in [-0.2, -0.15) is 5.26 Å². The minimum absolute atomic E-state index is 0.0168. The van der Waals surface area contributed by atoms with Crippen LogP contribution in [-0.2, 0) is 4.79 Å². The Morgan fingerprint density at radius 3 is 2.50 bits per heavy atom. The smallest absolute Gasteiger partial charge is 0.266 e. The molecule has 0 radical (unpaired) electrons. The van der Waals surface area contributed by atoms with Crippen LogP contribution in [0, 0.1) is 18.3 Å². The first-order valence-corrected chi connectivity index (χ1v) is 8.71. The molecule has 0 atom stereocenters. The molecule has 0 saturated heterocycles. The average molecular weight is 372 g/mol. The molecule has 140 valence electrons. The number of amides is 1. The van der Waals surface area contributed by atoms with Crippen LogP contribution in [0.1, 0.15) is 11.1 Å². The maximum atomic E-state index is 12.7. The summed E-state index contributed by atoms with van der Waals surface area (Å²) in [7, 11) is 3.14. The third-order valence-electron chi connectivity index (χ3n) is 4.50. The molecule has 1 amide bonds. The van der Waals surface area contributed by atoms with Crippen LogP contribution in [0.25, 0.3) is 16.8 Å². The lowest BCUT2D eigenvalue weighted by molar-refractivity contribution is -0.112. The van der Waals surface area contributed by atoms with Crippen LogP contribution < -0.4 is 14.8 Å². The number of aryl methyl sites for hydroxylation is 1. The zero-order valence-corrected chi connectivity index (χ0v) is 15.9. The Bertz CT molecular complexity index is 1110. The molecule has 3 aromatic carbocycles. The lowest BCUT2D eigenvalue weighted by atomic mass is 10.0. The molecule has 0 fully saturated rings. The van der Waals surface area contributed by atoms with Gasteiger partial charge in [-0.1, -0.05) is 30.3 Å². The molecule has 28 heavy (non-hydrogen) atoms. The maximum absolute atomic E-state index is 12.7. The molecular formula is C23H20N2O3. The van der Waals surface area contributed by atoms with E-state index in [4.69, 9.17) is 9.47 Å². The molecule has 3 rings (SSSR count). The third kappa shape index (κ3) is 3.81. The van der Waals surface area contributed by atoms with Crippen LogP contribution in [0.3, 0.4) is 0 Å². The summed E-state index contributed by atoms with van der Waals surface area (Å²) in [6, 6.07) is 18.8. The molecule has 5 nitrogen and oxygen atoms in total. The van der Waals surface area contributed by atoms with Crippen molar-refractivity contribution in [3.05, 3.63) is 71.3 Å². The summed E-state index contributed by atoms with van der Waals surface area (Å²) in [5.41, 5.74) is 2.22. The quantitative estimate of drug-likeness (QED) is 0.520. The van der Waals surface area contributed by atoms with E-state index >= 15 is 0 Å². The van der Waals surface area contributed by atoms with E-state index < -0.39 is 5.91 Å². The predicted molar refractivity (Wildman–Crippen MR) is 110 cm³/mol. The Balaban J connectivity index is 2.09. The van der Waals surface area contributed by atoms with E-state index in [0.29, 0.717) is 22.7 Å². The molecule has 0 aromatic heterocycles. The second-order valence-electron chi connectivity index (χ2n) is 6.21. The number of benzene rings is 3. The Morgan fingerprint density at radius 1 is 1.07 bits per heavy atom. The van der Waals surface area contributed by atoms with Crippen LogP contribution >= 0.6 is 0 Å². The van der Waals surface area contributed by atoms with Crippen LogP contribution in [-0.4, -0.2) is 20.1 Å². The van der Waals surface area contributed by atoms with Crippen LogP contribution in [0.5, 0.6) is 11.5 Å². The predicted octanol–water partition coefficient (Wildman–Crippen LogP) is 4.71. The van der Waals surface area contributed by atoms with Crippen molar-refractivity contribution >= 4 is 28.4 Å². The van der Waals surface area contributed by atoms with Gasteiger partial charge in [0, 0.05) is 11.3 Å². The Kier molecular flexibility index (Phi) is 5.61. The van der Waals surface area contributed by atoms with E-state index in [1.165, 1.54) is 0 Å². The van der Waals surface area contributed by atoms with E-state index in [-0.39, 0.29) is 5.57 Å². The number of rotatable bonds is 5. The van der Waals surface area contributed by atoms with Gasteiger partial charge in [-0.15, -0.1) is 0 Å². The van der Waals surface area contributed by atoms with Gasteiger partial charge in [0.25, 0.3) is 5.91 Å². The topological polar surface area (TPSA) is 71.3 Å². The van der Waals surface area contributed by atoms with Gasteiger partial charge in [0.05, 0.1) is 14.2 Å². The minimum Gasteiger partial charge on any atom is -0.497 e. The highest BCUT2D eigenvalue weighted by Crippen LogP contribution is 2.32. The van der Waals surface area contributed by atoms with E-state index in [0.717, 1.165) is 16.3 Å². The van der Waals surface area contributed by atoms with Crippen molar-refractivity contribution in [3.8, 4) is 17.6 Å². The molecule has 0 unspecified atom stereocenters. The summed E-state index contributed by atoms with van der Waals surface area (Å²) in [4.78, 5) is 12.7. The van der Waals surface area contributed by atoms with Gasteiger partial charge in [0.2, 0.25) is 0 Å². The number of carbonyl (C=O) groups is 1. The molecular weight excluding hydrogens is 352 g/mol. The van der Waals surface area contributed by atoms with Crippen LogP contribution in [0.15, 0.2) is 60.2 Å². The summed E-state index contributed by atoms with van der Waals surface area (Å²) in [5.74, 6) is 0.772. The second kappa shape index (κ2) is 8.28. The molecule has 3 aromatic rings. The first-order chi connectivity index (χ1) is 13.6.